The Kier molecular flexibility index (Phi) is 3.13. The van der Waals surface area contributed by atoms with Gasteiger partial charge in [0.2, 0.25) is 0 Å². The fourth-order valence-corrected chi connectivity index (χ4v) is 2.30. The zero-order valence-corrected chi connectivity index (χ0v) is 10.9. The summed E-state index contributed by atoms with van der Waals surface area (Å²) in [5.74, 6) is 0.813. The minimum Gasteiger partial charge on any atom is -0.487 e. The van der Waals surface area contributed by atoms with Gasteiger partial charge < -0.3 is 10.1 Å². The Labute approximate surface area is 102 Å². The van der Waals surface area contributed by atoms with E-state index < -0.39 is 0 Å². The molecule has 0 bridgehead atoms. The molecule has 0 spiro atoms. The molecule has 2 nitrogen and oxygen atoms in total. The summed E-state index contributed by atoms with van der Waals surface area (Å²) in [6.45, 7) is 6.36. The Morgan fingerprint density at radius 3 is 2.76 bits per heavy atom. The van der Waals surface area contributed by atoms with Gasteiger partial charge in [-0.3, -0.25) is 0 Å². The van der Waals surface area contributed by atoms with Crippen molar-refractivity contribution >= 4 is 0 Å². The first-order valence-corrected chi connectivity index (χ1v) is 6.12. The van der Waals surface area contributed by atoms with Crippen LogP contribution in [0.15, 0.2) is 18.2 Å². The van der Waals surface area contributed by atoms with Crippen LogP contribution in [0.1, 0.15) is 38.8 Å². The summed E-state index contributed by atoms with van der Waals surface area (Å²) in [7, 11) is 1.93. The van der Waals surface area contributed by atoms with Gasteiger partial charge >= 0.3 is 0 Å². The van der Waals surface area contributed by atoms with E-state index in [1.165, 1.54) is 12.1 Å². The van der Waals surface area contributed by atoms with Crippen LogP contribution >= 0.6 is 0 Å². The second kappa shape index (κ2) is 4.30. The number of benzene rings is 1. The molecule has 3 heteroatoms. The minimum absolute atomic E-state index is 0.228. The molecule has 2 unspecified atom stereocenters. The van der Waals surface area contributed by atoms with E-state index in [4.69, 9.17) is 4.74 Å². The normalized spacial score (nSPS) is 27.8. The number of halogens is 1. The lowest BCUT2D eigenvalue weighted by Gasteiger charge is -2.42. The molecule has 0 fully saturated rings. The minimum atomic E-state index is -0.244. The Bertz CT molecular complexity index is 419. The van der Waals surface area contributed by atoms with Crippen molar-refractivity contribution in [2.24, 2.45) is 5.92 Å². The number of hydrogen-bond donors (Lipinski definition) is 1. The monoisotopic (exact) mass is 237 g/mol. The van der Waals surface area contributed by atoms with Crippen molar-refractivity contribution in [2.75, 3.05) is 7.05 Å². The highest BCUT2D eigenvalue weighted by Gasteiger charge is 2.39. The van der Waals surface area contributed by atoms with Crippen LogP contribution in [-0.4, -0.2) is 12.6 Å². The second-order valence-electron chi connectivity index (χ2n) is 5.30. The predicted molar refractivity (Wildman–Crippen MR) is 66.7 cm³/mol. The van der Waals surface area contributed by atoms with Gasteiger partial charge in [-0.1, -0.05) is 19.9 Å². The van der Waals surface area contributed by atoms with Crippen molar-refractivity contribution < 1.29 is 9.13 Å². The number of ether oxygens (including phenoxy) is 1. The smallest absolute Gasteiger partial charge is 0.127 e. The molecule has 2 atom stereocenters. The predicted octanol–water partition coefficient (Wildman–Crippen LogP) is 3.28. The van der Waals surface area contributed by atoms with Gasteiger partial charge in [0.05, 0.1) is 0 Å². The molecule has 0 saturated carbocycles. The van der Waals surface area contributed by atoms with E-state index in [0.29, 0.717) is 11.7 Å². The van der Waals surface area contributed by atoms with Gasteiger partial charge in [-0.15, -0.1) is 0 Å². The van der Waals surface area contributed by atoms with Crippen molar-refractivity contribution in [2.45, 2.75) is 38.8 Å². The summed E-state index contributed by atoms with van der Waals surface area (Å²) in [5.41, 5.74) is 0.807. The van der Waals surface area contributed by atoms with Gasteiger partial charge in [-0.2, -0.15) is 0 Å². The quantitative estimate of drug-likeness (QED) is 0.852. The molecule has 17 heavy (non-hydrogen) atoms. The third kappa shape index (κ3) is 2.16. The van der Waals surface area contributed by atoms with Crippen LogP contribution in [-0.2, 0) is 0 Å². The van der Waals surface area contributed by atoms with Crippen LogP contribution in [0.4, 0.5) is 4.39 Å². The average Bonchev–Trinajstić information content (AvgIpc) is 2.27. The Hall–Kier alpha value is -1.09. The molecule has 1 aromatic rings. The maximum absolute atomic E-state index is 13.3. The van der Waals surface area contributed by atoms with Crippen LogP contribution in [0.2, 0.25) is 0 Å². The molecular formula is C14H20FNO. The lowest BCUT2D eigenvalue weighted by atomic mass is 9.81. The van der Waals surface area contributed by atoms with E-state index in [1.807, 2.05) is 13.1 Å². The molecule has 0 aliphatic carbocycles. The average molecular weight is 237 g/mol. The maximum Gasteiger partial charge on any atom is 0.127 e. The summed E-state index contributed by atoms with van der Waals surface area (Å²) in [6.07, 6.45) is 0.903. The van der Waals surface area contributed by atoms with Crippen LogP contribution in [0.3, 0.4) is 0 Å². The number of rotatable bonds is 2. The first kappa shape index (κ1) is 12.4. The van der Waals surface area contributed by atoms with Gasteiger partial charge in [0.1, 0.15) is 17.2 Å². The molecule has 0 saturated heterocycles. The van der Waals surface area contributed by atoms with E-state index in [0.717, 1.165) is 12.0 Å². The first-order valence-electron chi connectivity index (χ1n) is 6.12. The fraction of sp³-hybridized carbons (Fsp3) is 0.571. The van der Waals surface area contributed by atoms with Gasteiger partial charge in [-0.05, 0) is 26.0 Å². The maximum atomic E-state index is 13.3. The first-order chi connectivity index (χ1) is 7.96. The van der Waals surface area contributed by atoms with Crippen molar-refractivity contribution in [1.29, 1.82) is 0 Å². The Morgan fingerprint density at radius 2 is 2.18 bits per heavy atom. The highest BCUT2D eigenvalue weighted by molar-refractivity contribution is 5.39. The van der Waals surface area contributed by atoms with Gasteiger partial charge in [0.15, 0.2) is 0 Å². The molecule has 0 amide bonds. The zero-order chi connectivity index (χ0) is 12.6. The van der Waals surface area contributed by atoms with Gasteiger partial charge in [-0.25, -0.2) is 4.39 Å². The molecule has 0 aromatic heterocycles. The van der Waals surface area contributed by atoms with Crippen molar-refractivity contribution in [1.82, 2.24) is 5.32 Å². The van der Waals surface area contributed by atoms with Crippen LogP contribution in [0.25, 0.3) is 0 Å². The van der Waals surface area contributed by atoms with Crippen LogP contribution < -0.4 is 10.1 Å². The number of hydrogen-bond acceptors (Lipinski definition) is 2. The van der Waals surface area contributed by atoms with Crippen LogP contribution in [0, 0.1) is 11.7 Å². The third-order valence-electron chi connectivity index (χ3n) is 3.87. The molecule has 1 N–H and O–H groups in total. The second-order valence-corrected chi connectivity index (χ2v) is 5.30. The van der Waals surface area contributed by atoms with E-state index in [2.05, 4.69) is 26.1 Å². The van der Waals surface area contributed by atoms with Crippen LogP contribution in [0.5, 0.6) is 5.75 Å². The van der Waals surface area contributed by atoms with Crippen molar-refractivity contribution in [3.05, 3.63) is 29.6 Å². The summed E-state index contributed by atoms with van der Waals surface area (Å²) in [4.78, 5) is 0. The van der Waals surface area contributed by atoms with E-state index in [-0.39, 0.29) is 17.5 Å². The zero-order valence-electron chi connectivity index (χ0n) is 10.9. The van der Waals surface area contributed by atoms with E-state index in [1.54, 1.807) is 0 Å². The summed E-state index contributed by atoms with van der Waals surface area (Å²) in [6, 6.07) is 5.02. The topological polar surface area (TPSA) is 21.3 Å². The molecule has 1 aliphatic rings. The fourth-order valence-electron chi connectivity index (χ4n) is 2.30. The standard InChI is InChI=1S/C14H20FNO/c1-9(2)14(3)8-12(16-4)11-6-5-10(15)7-13(11)17-14/h5-7,9,12,16H,8H2,1-4H3. The van der Waals surface area contributed by atoms with Crippen molar-refractivity contribution in [3.8, 4) is 5.75 Å². The molecule has 94 valence electrons. The number of nitrogens with one attached hydrogen (secondary N) is 1. The van der Waals surface area contributed by atoms with Gasteiger partial charge in [0, 0.05) is 24.1 Å². The lowest BCUT2D eigenvalue weighted by Crippen LogP contribution is -2.45. The molecule has 1 aliphatic heterocycles. The largest absolute Gasteiger partial charge is 0.487 e. The van der Waals surface area contributed by atoms with E-state index in [9.17, 15) is 4.39 Å². The lowest BCUT2D eigenvalue weighted by molar-refractivity contribution is 0.00654. The SMILES string of the molecule is CNC1CC(C)(C(C)C)Oc2cc(F)ccc21. The molecule has 1 heterocycles. The molecular weight excluding hydrogens is 217 g/mol. The Morgan fingerprint density at radius 1 is 1.47 bits per heavy atom. The highest BCUT2D eigenvalue weighted by atomic mass is 19.1. The summed E-state index contributed by atoms with van der Waals surface area (Å²) in [5, 5.41) is 3.29. The third-order valence-corrected chi connectivity index (χ3v) is 3.87. The van der Waals surface area contributed by atoms with E-state index >= 15 is 0 Å². The van der Waals surface area contributed by atoms with Gasteiger partial charge in [0.25, 0.3) is 0 Å². The summed E-state index contributed by atoms with van der Waals surface area (Å²) >= 11 is 0. The molecule has 2 rings (SSSR count). The van der Waals surface area contributed by atoms with Crippen molar-refractivity contribution in [3.63, 3.8) is 0 Å². The molecule has 0 radical (unpaired) electrons. The Balaban J connectivity index is 2.43. The summed E-state index contributed by atoms with van der Waals surface area (Å²) < 4.78 is 19.3. The molecule has 1 aromatic carbocycles. The highest BCUT2D eigenvalue weighted by Crippen LogP contribution is 2.42. The number of fused-ring (bicyclic) bond motifs is 1.